The van der Waals surface area contributed by atoms with E-state index >= 15 is 0 Å². The molecule has 20 heavy (non-hydrogen) atoms. The van der Waals surface area contributed by atoms with E-state index in [1.807, 2.05) is 6.07 Å². The molecule has 0 bridgehead atoms. The molecule has 0 saturated heterocycles. The quantitative estimate of drug-likeness (QED) is 0.798. The third-order valence-corrected chi connectivity index (χ3v) is 4.97. The standard InChI is InChI=1S/C18H29NO/c1-5-14(6-2)13(3)19-16-11-15(12-16)17-9-7-8-10-18(17)20-4/h7-10,13-16,19H,5-6,11-12H2,1-4H3. The maximum absolute atomic E-state index is 5.47. The van der Waals surface area contributed by atoms with Crippen molar-refractivity contribution in [3.05, 3.63) is 29.8 Å². The molecular formula is C18H29NO. The Morgan fingerprint density at radius 3 is 2.45 bits per heavy atom. The lowest BCUT2D eigenvalue weighted by Crippen LogP contribution is -2.47. The van der Waals surface area contributed by atoms with Gasteiger partial charge >= 0.3 is 0 Å². The van der Waals surface area contributed by atoms with Crippen LogP contribution in [0.15, 0.2) is 24.3 Å². The maximum Gasteiger partial charge on any atom is 0.122 e. The first-order chi connectivity index (χ1) is 9.69. The Morgan fingerprint density at radius 2 is 1.85 bits per heavy atom. The smallest absolute Gasteiger partial charge is 0.122 e. The van der Waals surface area contributed by atoms with Gasteiger partial charge in [0.25, 0.3) is 0 Å². The van der Waals surface area contributed by atoms with Gasteiger partial charge in [-0.1, -0.05) is 44.9 Å². The van der Waals surface area contributed by atoms with Crippen LogP contribution in [0.4, 0.5) is 0 Å². The molecule has 1 N–H and O–H groups in total. The number of nitrogens with one attached hydrogen (secondary N) is 1. The van der Waals surface area contributed by atoms with E-state index in [1.54, 1.807) is 7.11 Å². The van der Waals surface area contributed by atoms with Gasteiger partial charge in [-0.3, -0.25) is 0 Å². The summed E-state index contributed by atoms with van der Waals surface area (Å²) in [6.07, 6.45) is 5.02. The van der Waals surface area contributed by atoms with Crippen LogP contribution in [-0.4, -0.2) is 19.2 Å². The highest BCUT2D eigenvalue weighted by atomic mass is 16.5. The summed E-state index contributed by atoms with van der Waals surface area (Å²) in [4.78, 5) is 0. The minimum Gasteiger partial charge on any atom is -0.496 e. The van der Waals surface area contributed by atoms with Crippen LogP contribution in [0.1, 0.15) is 57.9 Å². The van der Waals surface area contributed by atoms with Gasteiger partial charge in [0.2, 0.25) is 0 Å². The minimum absolute atomic E-state index is 0.633. The summed E-state index contributed by atoms with van der Waals surface area (Å²) in [5.74, 6) is 2.52. The van der Waals surface area contributed by atoms with Crippen LogP contribution in [0.5, 0.6) is 5.75 Å². The lowest BCUT2D eigenvalue weighted by atomic mass is 9.75. The summed E-state index contributed by atoms with van der Waals surface area (Å²) in [5.41, 5.74) is 1.38. The Labute approximate surface area is 123 Å². The molecule has 1 aromatic carbocycles. The summed E-state index contributed by atoms with van der Waals surface area (Å²) in [7, 11) is 1.77. The molecule has 0 spiro atoms. The Morgan fingerprint density at radius 1 is 1.20 bits per heavy atom. The number of para-hydroxylation sites is 1. The van der Waals surface area contributed by atoms with Crippen LogP contribution in [-0.2, 0) is 0 Å². The van der Waals surface area contributed by atoms with E-state index in [-0.39, 0.29) is 0 Å². The zero-order valence-electron chi connectivity index (χ0n) is 13.4. The van der Waals surface area contributed by atoms with E-state index in [4.69, 9.17) is 4.74 Å². The van der Waals surface area contributed by atoms with Gasteiger partial charge in [-0.25, -0.2) is 0 Å². The molecule has 2 heteroatoms. The molecular weight excluding hydrogens is 246 g/mol. The van der Waals surface area contributed by atoms with Gasteiger partial charge in [0.05, 0.1) is 7.11 Å². The lowest BCUT2D eigenvalue weighted by Gasteiger charge is -2.40. The minimum atomic E-state index is 0.633. The van der Waals surface area contributed by atoms with Crippen LogP contribution in [0.25, 0.3) is 0 Å². The molecule has 112 valence electrons. The molecule has 1 aliphatic carbocycles. The molecule has 1 fully saturated rings. The molecule has 2 rings (SSSR count). The first-order valence-corrected chi connectivity index (χ1v) is 8.08. The van der Waals surface area contributed by atoms with E-state index in [0.717, 1.165) is 11.7 Å². The van der Waals surface area contributed by atoms with Gasteiger partial charge in [0, 0.05) is 12.1 Å². The molecule has 1 saturated carbocycles. The highest BCUT2D eigenvalue weighted by Crippen LogP contribution is 2.41. The SMILES string of the molecule is CCC(CC)C(C)NC1CC(c2ccccc2OC)C1. The van der Waals surface area contributed by atoms with Crippen molar-refractivity contribution in [2.75, 3.05) is 7.11 Å². The molecule has 0 aromatic heterocycles. The van der Waals surface area contributed by atoms with E-state index < -0.39 is 0 Å². The summed E-state index contributed by atoms with van der Waals surface area (Å²) in [6.45, 7) is 6.93. The normalized spacial score (nSPS) is 23.4. The molecule has 0 aliphatic heterocycles. The Kier molecular flexibility index (Phi) is 5.47. The summed E-state index contributed by atoms with van der Waals surface area (Å²) in [6, 6.07) is 9.76. The van der Waals surface area contributed by atoms with Gasteiger partial charge in [-0.2, -0.15) is 0 Å². The fourth-order valence-electron chi connectivity index (χ4n) is 3.52. The van der Waals surface area contributed by atoms with Gasteiger partial charge in [-0.15, -0.1) is 0 Å². The third-order valence-electron chi connectivity index (χ3n) is 4.97. The zero-order valence-corrected chi connectivity index (χ0v) is 13.4. The van der Waals surface area contributed by atoms with Gasteiger partial charge in [-0.05, 0) is 43.2 Å². The van der Waals surface area contributed by atoms with Crippen LogP contribution in [0.3, 0.4) is 0 Å². The highest BCUT2D eigenvalue weighted by Gasteiger charge is 2.33. The van der Waals surface area contributed by atoms with Crippen LogP contribution < -0.4 is 10.1 Å². The maximum atomic E-state index is 5.47. The summed E-state index contributed by atoms with van der Waals surface area (Å²) in [5, 5.41) is 3.81. The predicted molar refractivity (Wildman–Crippen MR) is 85.4 cm³/mol. The van der Waals surface area contributed by atoms with Crippen LogP contribution in [0, 0.1) is 5.92 Å². The molecule has 1 aliphatic rings. The number of benzene rings is 1. The number of methoxy groups -OCH3 is 1. The van der Waals surface area contributed by atoms with E-state index in [2.05, 4.69) is 44.3 Å². The van der Waals surface area contributed by atoms with Gasteiger partial charge in [0.15, 0.2) is 0 Å². The number of hydrogen-bond acceptors (Lipinski definition) is 2. The van der Waals surface area contributed by atoms with Gasteiger partial charge < -0.3 is 10.1 Å². The summed E-state index contributed by atoms with van der Waals surface area (Å²) < 4.78 is 5.47. The predicted octanol–water partition coefficient (Wildman–Crippen LogP) is 4.36. The zero-order chi connectivity index (χ0) is 14.5. The second-order valence-electron chi connectivity index (χ2n) is 6.14. The molecule has 1 atom stereocenters. The molecule has 2 nitrogen and oxygen atoms in total. The van der Waals surface area contributed by atoms with Crippen molar-refractivity contribution in [3.8, 4) is 5.75 Å². The third kappa shape index (κ3) is 3.35. The largest absolute Gasteiger partial charge is 0.496 e. The number of ether oxygens (including phenoxy) is 1. The second-order valence-corrected chi connectivity index (χ2v) is 6.14. The van der Waals surface area contributed by atoms with Crippen molar-refractivity contribution in [2.45, 2.75) is 64.5 Å². The van der Waals surface area contributed by atoms with Crippen molar-refractivity contribution in [1.29, 1.82) is 0 Å². The first-order valence-electron chi connectivity index (χ1n) is 8.08. The van der Waals surface area contributed by atoms with Crippen LogP contribution in [0.2, 0.25) is 0 Å². The fourth-order valence-corrected chi connectivity index (χ4v) is 3.52. The lowest BCUT2D eigenvalue weighted by molar-refractivity contribution is 0.229. The Balaban J connectivity index is 1.85. The van der Waals surface area contributed by atoms with E-state index in [1.165, 1.54) is 31.2 Å². The average molecular weight is 275 g/mol. The Bertz CT molecular complexity index is 408. The number of hydrogen-bond donors (Lipinski definition) is 1. The number of rotatable bonds is 7. The van der Waals surface area contributed by atoms with Crippen LogP contribution >= 0.6 is 0 Å². The van der Waals surface area contributed by atoms with Crippen molar-refractivity contribution in [3.63, 3.8) is 0 Å². The van der Waals surface area contributed by atoms with Gasteiger partial charge in [0.1, 0.15) is 5.75 Å². The Hall–Kier alpha value is -1.02. The fraction of sp³-hybridized carbons (Fsp3) is 0.667. The molecule has 0 radical (unpaired) electrons. The van der Waals surface area contributed by atoms with E-state index in [0.29, 0.717) is 18.0 Å². The van der Waals surface area contributed by atoms with Crippen molar-refractivity contribution >= 4 is 0 Å². The summed E-state index contributed by atoms with van der Waals surface area (Å²) >= 11 is 0. The van der Waals surface area contributed by atoms with Crippen molar-refractivity contribution < 1.29 is 4.74 Å². The monoisotopic (exact) mass is 275 g/mol. The average Bonchev–Trinajstić information content (AvgIpc) is 2.43. The van der Waals surface area contributed by atoms with E-state index in [9.17, 15) is 0 Å². The second kappa shape index (κ2) is 7.12. The highest BCUT2D eigenvalue weighted by molar-refractivity contribution is 5.37. The van der Waals surface area contributed by atoms with Crippen molar-refractivity contribution in [1.82, 2.24) is 5.32 Å². The molecule has 1 unspecified atom stereocenters. The topological polar surface area (TPSA) is 21.3 Å². The van der Waals surface area contributed by atoms with Crippen molar-refractivity contribution in [2.24, 2.45) is 5.92 Å². The molecule has 0 amide bonds. The molecule has 0 heterocycles. The first kappa shape index (κ1) is 15.4. The molecule has 1 aromatic rings.